The number of ether oxygens (including phenoxy) is 1. The van der Waals surface area contributed by atoms with Crippen LogP contribution in [-0.4, -0.2) is 11.6 Å². The summed E-state index contributed by atoms with van der Waals surface area (Å²) in [5, 5.41) is 0. The monoisotopic (exact) mass is 497 g/mol. The lowest BCUT2D eigenvalue weighted by molar-refractivity contribution is 0.290. The van der Waals surface area contributed by atoms with Crippen LogP contribution in [0.25, 0.3) is 11.3 Å². The van der Waals surface area contributed by atoms with Crippen LogP contribution in [0.15, 0.2) is 36.5 Å². The number of unbranched alkanes of at least 4 members (excludes halogenated alkanes) is 16. The summed E-state index contributed by atoms with van der Waals surface area (Å²) in [5.41, 5.74) is 2.89. The van der Waals surface area contributed by atoms with Gasteiger partial charge >= 0.3 is 0 Å². The quantitative estimate of drug-likeness (QED) is 0.151. The number of nitrogens with zero attached hydrogens (tertiary/aromatic N) is 1. The maximum atomic E-state index is 14.6. The molecule has 1 aromatic heterocycles. The summed E-state index contributed by atoms with van der Waals surface area (Å²) in [7, 11) is 0. The van der Waals surface area contributed by atoms with Gasteiger partial charge in [-0.05, 0) is 49.1 Å². The zero-order chi connectivity index (χ0) is 25.7. The molecule has 0 bridgehead atoms. The van der Waals surface area contributed by atoms with Crippen molar-refractivity contribution in [1.82, 2.24) is 4.98 Å². The number of aryl methyl sites for hydroxylation is 1. The van der Waals surface area contributed by atoms with Crippen molar-refractivity contribution in [2.75, 3.05) is 6.61 Å². The number of pyridine rings is 1. The Morgan fingerprint density at radius 3 is 1.72 bits per heavy atom. The molecule has 0 atom stereocenters. The highest BCUT2D eigenvalue weighted by Crippen LogP contribution is 2.25. The molecule has 0 spiro atoms. The van der Waals surface area contributed by atoms with Gasteiger partial charge in [0.2, 0.25) is 0 Å². The fraction of sp³-hybridized carbons (Fsp3) is 0.667. The van der Waals surface area contributed by atoms with E-state index in [-0.39, 0.29) is 5.82 Å². The van der Waals surface area contributed by atoms with E-state index in [1.165, 1.54) is 108 Å². The maximum absolute atomic E-state index is 14.6. The van der Waals surface area contributed by atoms with Crippen LogP contribution in [0.5, 0.6) is 5.75 Å². The molecule has 3 heteroatoms. The molecule has 1 aromatic carbocycles. The average Bonchev–Trinajstić information content (AvgIpc) is 2.90. The van der Waals surface area contributed by atoms with Crippen molar-refractivity contribution in [3.05, 3.63) is 47.9 Å². The van der Waals surface area contributed by atoms with Crippen molar-refractivity contribution >= 4 is 0 Å². The van der Waals surface area contributed by atoms with E-state index < -0.39 is 0 Å². The molecule has 0 saturated carbocycles. The van der Waals surface area contributed by atoms with Gasteiger partial charge < -0.3 is 4.74 Å². The van der Waals surface area contributed by atoms with Crippen molar-refractivity contribution in [2.45, 2.75) is 136 Å². The Hall–Kier alpha value is -1.90. The molecule has 0 aliphatic carbocycles. The van der Waals surface area contributed by atoms with Crippen molar-refractivity contribution in [3.8, 4) is 17.0 Å². The van der Waals surface area contributed by atoms with Crippen LogP contribution in [0.4, 0.5) is 4.39 Å². The van der Waals surface area contributed by atoms with Crippen LogP contribution in [0, 0.1) is 5.82 Å². The molecule has 0 aliphatic heterocycles. The second-order valence-electron chi connectivity index (χ2n) is 10.5. The fourth-order valence-electron chi connectivity index (χ4n) is 4.75. The highest BCUT2D eigenvalue weighted by molar-refractivity contribution is 5.60. The Kier molecular flexibility index (Phi) is 17.0. The lowest BCUT2D eigenvalue weighted by Gasteiger charge is -2.09. The Morgan fingerprint density at radius 1 is 0.639 bits per heavy atom. The first-order valence-corrected chi connectivity index (χ1v) is 15.1. The third kappa shape index (κ3) is 13.4. The zero-order valence-corrected chi connectivity index (χ0v) is 23.3. The largest absolute Gasteiger partial charge is 0.491 e. The number of hydrogen-bond donors (Lipinski definition) is 0. The fourth-order valence-corrected chi connectivity index (χ4v) is 4.75. The second-order valence-corrected chi connectivity index (χ2v) is 10.5. The summed E-state index contributed by atoms with van der Waals surface area (Å²) >= 11 is 0. The van der Waals surface area contributed by atoms with Crippen LogP contribution in [0.2, 0.25) is 0 Å². The molecule has 2 nitrogen and oxygen atoms in total. The summed E-state index contributed by atoms with van der Waals surface area (Å²) < 4.78 is 20.3. The first-order chi connectivity index (χ1) is 17.7. The molecule has 1 heterocycles. The molecule has 0 unspecified atom stereocenters. The summed E-state index contributed by atoms with van der Waals surface area (Å²) in [4.78, 5) is 4.60. The van der Waals surface area contributed by atoms with Crippen LogP contribution < -0.4 is 4.74 Å². The lowest BCUT2D eigenvalue weighted by Crippen LogP contribution is -1.99. The number of benzene rings is 1. The first-order valence-electron chi connectivity index (χ1n) is 15.1. The standard InChI is InChI=1S/C33H52FNO/c1-3-5-7-9-11-13-14-15-17-19-21-29-22-24-32(35-28-29)30-23-25-33(31(34)27-30)36-26-20-18-16-12-10-8-6-4-2/h22-25,27-28H,3-21,26H2,1-2H3. The van der Waals surface area contributed by atoms with E-state index >= 15 is 0 Å². The Balaban J connectivity index is 1.61. The normalized spacial score (nSPS) is 11.2. The molecule has 0 radical (unpaired) electrons. The van der Waals surface area contributed by atoms with Crippen LogP contribution in [-0.2, 0) is 6.42 Å². The Morgan fingerprint density at radius 2 is 1.19 bits per heavy atom. The minimum Gasteiger partial charge on any atom is -0.491 e. The first kappa shape index (κ1) is 30.3. The molecule has 2 rings (SSSR count). The summed E-state index contributed by atoms with van der Waals surface area (Å²) in [6.45, 7) is 5.10. The minimum absolute atomic E-state index is 0.302. The van der Waals surface area contributed by atoms with E-state index in [0.29, 0.717) is 12.4 Å². The lowest BCUT2D eigenvalue weighted by atomic mass is 10.0. The van der Waals surface area contributed by atoms with Gasteiger partial charge in [0.25, 0.3) is 0 Å². The molecule has 0 aliphatic rings. The molecule has 0 saturated heterocycles. The molecule has 202 valence electrons. The van der Waals surface area contributed by atoms with E-state index in [2.05, 4.69) is 24.9 Å². The van der Waals surface area contributed by atoms with Crippen LogP contribution >= 0.6 is 0 Å². The SMILES string of the molecule is CCCCCCCCCCCCc1ccc(-c2ccc(OCCCCCCCCCC)c(F)c2)nc1. The van der Waals surface area contributed by atoms with Crippen molar-refractivity contribution in [2.24, 2.45) is 0 Å². The average molecular weight is 498 g/mol. The van der Waals surface area contributed by atoms with Crippen LogP contribution in [0.3, 0.4) is 0 Å². The second kappa shape index (κ2) is 20.2. The van der Waals surface area contributed by atoms with Gasteiger partial charge in [-0.15, -0.1) is 0 Å². The van der Waals surface area contributed by atoms with Crippen LogP contribution in [0.1, 0.15) is 135 Å². The van der Waals surface area contributed by atoms with Gasteiger partial charge in [0, 0.05) is 11.8 Å². The highest BCUT2D eigenvalue weighted by Gasteiger charge is 2.08. The predicted molar refractivity (Wildman–Crippen MR) is 153 cm³/mol. The number of hydrogen-bond acceptors (Lipinski definition) is 2. The summed E-state index contributed by atoms with van der Waals surface area (Å²) in [6.07, 6.45) is 26.6. The molecule has 0 N–H and O–H groups in total. The van der Waals surface area contributed by atoms with Gasteiger partial charge in [-0.25, -0.2) is 4.39 Å². The van der Waals surface area contributed by atoms with Gasteiger partial charge in [0.05, 0.1) is 12.3 Å². The van der Waals surface area contributed by atoms with Gasteiger partial charge in [0.15, 0.2) is 11.6 Å². The third-order valence-electron chi connectivity index (χ3n) is 7.13. The molecule has 0 fully saturated rings. The van der Waals surface area contributed by atoms with E-state index in [0.717, 1.165) is 30.5 Å². The van der Waals surface area contributed by atoms with Crippen molar-refractivity contribution in [3.63, 3.8) is 0 Å². The third-order valence-corrected chi connectivity index (χ3v) is 7.13. The summed E-state index contributed by atoms with van der Waals surface area (Å²) in [5.74, 6) is 0.0441. The number of rotatable bonds is 22. The number of aromatic nitrogens is 1. The minimum atomic E-state index is -0.302. The van der Waals surface area contributed by atoms with Crippen molar-refractivity contribution in [1.29, 1.82) is 0 Å². The summed E-state index contributed by atoms with van der Waals surface area (Å²) in [6, 6.07) is 9.36. The van der Waals surface area contributed by atoms with Gasteiger partial charge in [-0.1, -0.05) is 123 Å². The predicted octanol–water partition coefficient (Wildman–Crippen LogP) is 10.9. The molecular formula is C33H52FNO. The topological polar surface area (TPSA) is 22.1 Å². The van der Waals surface area contributed by atoms with Crippen molar-refractivity contribution < 1.29 is 9.13 Å². The molecular weight excluding hydrogens is 445 g/mol. The Bertz CT molecular complexity index is 789. The molecule has 2 aromatic rings. The zero-order valence-electron chi connectivity index (χ0n) is 23.3. The van der Waals surface area contributed by atoms with E-state index in [9.17, 15) is 4.39 Å². The smallest absolute Gasteiger partial charge is 0.165 e. The van der Waals surface area contributed by atoms with Gasteiger partial charge in [0.1, 0.15) is 0 Å². The number of halogens is 1. The Labute approximate surface area is 221 Å². The molecule has 36 heavy (non-hydrogen) atoms. The van der Waals surface area contributed by atoms with E-state index in [4.69, 9.17) is 4.74 Å². The molecule has 0 amide bonds. The van der Waals surface area contributed by atoms with E-state index in [1.807, 2.05) is 18.3 Å². The highest BCUT2D eigenvalue weighted by atomic mass is 19.1. The van der Waals surface area contributed by atoms with E-state index in [1.54, 1.807) is 12.1 Å². The van der Waals surface area contributed by atoms with Gasteiger partial charge in [-0.2, -0.15) is 0 Å². The van der Waals surface area contributed by atoms with Gasteiger partial charge in [-0.3, -0.25) is 4.98 Å². The maximum Gasteiger partial charge on any atom is 0.165 e.